The fraction of sp³-hybridized carbons (Fsp3) is 0.727. The Labute approximate surface area is 110 Å². The second-order valence-electron chi connectivity index (χ2n) is 4.22. The molecule has 1 aliphatic heterocycles. The predicted octanol–water partition coefficient (Wildman–Crippen LogP) is 0.0547. The number of aliphatic carboxylic acids is 1. The monoisotopic (exact) mass is 276 g/mol. The Morgan fingerprint density at radius 3 is 2.78 bits per heavy atom. The minimum Gasteiger partial charge on any atom is -0.481 e. The molecule has 0 aliphatic carbocycles. The van der Waals surface area contributed by atoms with Crippen molar-refractivity contribution in [2.75, 3.05) is 25.5 Å². The van der Waals surface area contributed by atoms with Gasteiger partial charge in [0.2, 0.25) is 11.8 Å². The molecule has 102 valence electrons. The normalized spacial score (nSPS) is 19.1. The van der Waals surface area contributed by atoms with E-state index < -0.39 is 11.9 Å². The van der Waals surface area contributed by atoms with Gasteiger partial charge in [-0.1, -0.05) is 0 Å². The first-order valence-electron chi connectivity index (χ1n) is 5.88. The molecule has 18 heavy (non-hydrogen) atoms. The molecule has 0 saturated carbocycles. The quantitative estimate of drug-likeness (QED) is 0.644. The van der Waals surface area contributed by atoms with Gasteiger partial charge < -0.3 is 15.3 Å². The third kappa shape index (κ3) is 4.52. The second kappa shape index (κ2) is 7.20. The van der Waals surface area contributed by atoms with Crippen LogP contribution in [0.3, 0.4) is 0 Å². The van der Waals surface area contributed by atoms with Crippen molar-refractivity contribution in [1.29, 1.82) is 0 Å². The van der Waals surface area contributed by atoms with Crippen molar-refractivity contribution in [3.05, 3.63) is 0 Å². The summed E-state index contributed by atoms with van der Waals surface area (Å²) in [5.74, 6) is -1.39. The number of nitrogens with one attached hydrogen (secondary N) is 1. The molecule has 7 heteroatoms. The number of hydrogen-bond donors (Lipinski definition) is 2. The Bertz CT molecular complexity index is 335. The SMILES string of the molecule is O=C(CCCCl)NCCN1CC(C(=O)O)CC1=O. The Balaban J connectivity index is 2.22. The Hall–Kier alpha value is -1.30. The first-order chi connectivity index (χ1) is 8.54. The van der Waals surface area contributed by atoms with Gasteiger partial charge in [0.15, 0.2) is 0 Å². The molecule has 0 aromatic heterocycles. The van der Waals surface area contributed by atoms with E-state index in [0.717, 1.165) is 0 Å². The molecule has 1 saturated heterocycles. The molecule has 2 amide bonds. The molecule has 6 nitrogen and oxygen atoms in total. The number of halogens is 1. The summed E-state index contributed by atoms with van der Waals surface area (Å²) >= 11 is 5.46. The van der Waals surface area contributed by atoms with E-state index in [9.17, 15) is 14.4 Å². The molecule has 1 heterocycles. The van der Waals surface area contributed by atoms with Gasteiger partial charge >= 0.3 is 5.97 Å². The van der Waals surface area contributed by atoms with Crippen LogP contribution in [0, 0.1) is 5.92 Å². The van der Waals surface area contributed by atoms with Crippen LogP contribution in [0.1, 0.15) is 19.3 Å². The minimum absolute atomic E-state index is 0.0511. The summed E-state index contributed by atoms with van der Waals surface area (Å²) < 4.78 is 0. The molecule has 1 rings (SSSR count). The maximum Gasteiger partial charge on any atom is 0.308 e. The van der Waals surface area contributed by atoms with Crippen LogP contribution in [0.5, 0.6) is 0 Å². The summed E-state index contributed by atoms with van der Waals surface area (Å²) in [7, 11) is 0. The molecule has 0 radical (unpaired) electrons. The van der Waals surface area contributed by atoms with E-state index in [1.807, 2.05) is 0 Å². The van der Waals surface area contributed by atoms with Gasteiger partial charge in [-0.25, -0.2) is 0 Å². The number of amides is 2. The lowest BCUT2D eigenvalue weighted by Gasteiger charge is -2.16. The zero-order chi connectivity index (χ0) is 13.5. The molecule has 0 aromatic rings. The number of rotatable bonds is 7. The highest BCUT2D eigenvalue weighted by atomic mass is 35.5. The minimum atomic E-state index is -0.947. The average molecular weight is 277 g/mol. The third-order valence-electron chi connectivity index (χ3n) is 2.81. The van der Waals surface area contributed by atoms with E-state index in [1.54, 1.807) is 0 Å². The topological polar surface area (TPSA) is 86.7 Å². The van der Waals surface area contributed by atoms with E-state index in [-0.39, 0.29) is 24.8 Å². The number of carboxylic acids is 1. The molecule has 0 bridgehead atoms. The van der Waals surface area contributed by atoms with E-state index >= 15 is 0 Å². The lowest BCUT2D eigenvalue weighted by molar-refractivity contribution is -0.141. The van der Waals surface area contributed by atoms with Crippen LogP contribution in [-0.2, 0) is 14.4 Å². The maximum absolute atomic E-state index is 11.5. The zero-order valence-corrected chi connectivity index (χ0v) is 10.8. The Morgan fingerprint density at radius 2 is 2.22 bits per heavy atom. The highest BCUT2D eigenvalue weighted by Crippen LogP contribution is 2.17. The molecule has 0 spiro atoms. The van der Waals surface area contributed by atoms with Gasteiger partial charge in [-0.15, -0.1) is 11.6 Å². The van der Waals surface area contributed by atoms with Crippen molar-refractivity contribution in [2.45, 2.75) is 19.3 Å². The van der Waals surface area contributed by atoms with Gasteiger partial charge in [0.1, 0.15) is 0 Å². The van der Waals surface area contributed by atoms with E-state index in [4.69, 9.17) is 16.7 Å². The average Bonchev–Trinajstić information content (AvgIpc) is 2.69. The molecule has 0 aromatic carbocycles. The highest BCUT2D eigenvalue weighted by molar-refractivity contribution is 6.17. The Kier molecular flexibility index (Phi) is 5.91. The lowest BCUT2D eigenvalue weighted by Crippen LogP contribution is -2.36. The lowest BCUT2D eigenvalue weighted by atomic mass is 10.1. The van der Waals surface area contributed by atoms with Gasteiger partial charge in [0, 0.05) is 38.4 Å². The predicted molar refractivity (Wildman–Crippen MR) is 65.3 cm³/mol. The van der Waals surface area contributed by atoms with Gasteiger partial charge in [-0.3, -0.25) is 14.4 Å². The first-order valence-corrected chi connectivity index (χ1v) is 6.41. The van der Waals surface area contributed by atoms with Crippen molar-refractivity contribution >= 4 is 29.4 Å². The summed E-state index contributed by atoms with van der Waals surface area (Å²) in [5.41, 5.74) is 0. The van der Waals surface area contributed by atoms with Crippen LogP contribution in [0.2, 0.25) is 0 Å². The van der Waals surface area contributed by atoms with E-state index in [2.05, 4.69) is 5.32 Å². The number of carbonyl (C=O) groups is 3. The van der Waals surface area contributed by atoms with Gasteiger partial charge in [0.05, 0.1) is 5.92 Å². The fourth-order valence-corrected chi connectivity index (χ4v) is 1.93. The smallest absolute Gasteiger partial charge is 0.308 e. The molecular formula is C11H17ClN2O4. The molecule has 1 atom stereocenters. The van der Waals surface area contributed by atoms with Crippen LogP contribution < -0.4 is 5.32 Å². The molecule has 1 aliphatic rings. The molecule has 1 unspecified atom stereocenters. The number of nitrogens with zero attached hydrogens (tertiary/aromatic N) is 1. The number of carboxylic acid groups (broad SMARTS) is 1. The zero-order valence-electron chi connectivity index (χ0n) is 10.0. The van der Waals surface area contributed by atoms with Gasteiger partial charge in [-0.05, 0) is 6.42 Å². The molecule has 1 fully saturated rings. The van der Waals surface area contributed by atoms with Crippen molar-refractivity contribution in [3.63, 3.8) is 0 Å². The summed E-state index contributed by atoms with van der Waals surface area (Å²) in [6.07, 6.45) is 1.04. The number of likely N-dealkylation sites (tertiary alicyclic amines) is 1. The van der Waals surface area contributed by atoms with Crippen LogP contribution in [-0.4, -0.2) is 53.3 Å². The molecular weight excluding hydrogens is 260 g/mol. The summed E-state index contributed by atoms with van der Waals surface area (Å²) in [6.45, 7) is 0.931. The van der Waals surface area contributed by atoms with Crippen LogP contribution in [0.15, 0.2) is 0 Å². The number of hydrogen-bond acceptors (Lipinski definition) is 3. The van der Waals surface area contributed by atoms with E-state index in [0.29, 0.717) is 31.8 Å². The standard InChI is InChI=1S/C11H17ClN2O4/c12-3-1-2-9(15)13-4-5-14-7-8(11(17)18)6-10(14)16/h8H,1-7H2,(H,13,15)(H,17,18). The van der Waals surface area contributed by atoms with Gasteiger partial charge in [-0.2, -0.15) is 0 Å². The van der Waals surface area contributed by atoms with Crippen molar-refractivity contribution in [1.82, 2.24) is 10.2 Å². The Morgan fingerprint density at radius 1 is 1.50 bits per heavy atom. The summed E-state index contributed by atoms with van der Waals surface area (Å²) in [5, 5.41) is 11.5. The van der Waals surface area contributed by atoms with Crippen molar-refractivity contribution in [2.24, 2.45) is 5.92 Å². The fourth-order valence-electron chi connectivity index (χ4n) is 1.80. The first kappa shape index (κ1) is 14.8. The van der Waals surface area contributed by atoms with Gasteiger partial charge in [0.25, 0.3) is 0 Å². The van der Waals surface area contributed by atoms with Crippen LogP contribution >= 0.6 is 11.6 Å². The third-order valence-corrected chi connectivity index (χ3v) is 3.07. The highest BCUT2D eigenvalue weighted by Gasteiger charge is 2.33. The van der Waals surface area contributed by atoms with E-state index in [1.165, 1.54) is 4.90 Å². The summed E-state index contributed by atoms with van der Waals surface area (Å²) in [4.78, 5) is 34.9. The number of alkyl halides is 1. The maximum atomic E-state index is 11.5. The summed E-state index contributed by atoms with van der Waals surface area (Å²) in [6, 6.07) is 0. The number of carbonyl (C=O) groups excluding carboxylic acids is 2. The molecule has 2 N–H and O–H groups in total. The van der Waals surface area contributed by atoms with Crippen LogP contribution in [0.25, 0.3) is 0 Å². The van der Waals surface area contributed by atoms with Crippen molar-refractivity contribution in [3.8, 4) is 0 Å². The largest absolute Gasteiger partial charge is 0.481 e. The van der Waals surface area contributed by atoms with Crippen LogP contribution in [0.4, 0.5) is 0 Å². The second-order valence-corrected chi connectivity index (χ2v) is 4.60. The van der Waals surface area contributed by atoms with Crippen molar-refractivity contribution < 1.29 is 19.5 Å².